The van der Waals surface area contributed by atoms with Crippen molar-refractivity contribution in [3.05, 3.63) is 34.9 Å². The third-order valence-electron chi connectivity index (χ3n) is 2.96. The Hall–Kier alpha value is -1.42. The highest BCUT2D eigenvalue weighted by atomic mass is 32.1. The minimum atomic E-state index is -0.0269. The van der Waals surface area contributed by atoms with Gasteiger partial charge < -0.3 is 10.6 Å². The topological polar surface area (TPSA) is 46.3 Å². The van der Waals surface area contributed by atoms with E-state index < -0.39 is 0 Å². The van der Waals surface area contributed by atoms with Crippen LogP contribution in [0.4, 0.5) is 0 Å². The highest BCUT2D eigenvalue weighted by Crippen LogP contribution is 2.13. The molecule has 1 amide bonds. The van der Waals surface area contributed by atoms with E-state index in [9.17, 15) is 4.79 Å². The maximum Gasteiger partial charge on any atom is 0.254 e. The van der Waals surface area contributed by atoms with Crippen LogP contribution < -0.4 is 5.73 Å². The highest BCUT2D eigenvalue weighted by molar-refractivity contribution is 7.80. The van der Waals surface area contributed by atoms with Crippen LogP contribution >= 0.6 is 12.2 Å². The van der Waals surface area contributed by atoms with E-state index in [1.807, 2.05) is 45.9 Å². The van der Waals surface area contributed by atoms with Gasteiger partial charge in [-0.15, -0.1) is 0 Å². The van der Waals surface area contributed by atoms with E-state index in [1.165, 1.54) is 5.56 Å². The van der Waals surface area contributed by atoms with Crippen molar-refractivity contribution in [3.63, 3.8) is 0 Å². The summed E-state index contributed by atoms with van der Waals surface area (Å²) in [5.41, 5.74) is 8.51. The smallest absolute Gasteiger partial charge is 0.254 e. The maximum atomic E-state index is 12.4. The third-order valence-corrected chi connectivity index (χ3v) is 3.09. The van der Waals surface area contributed by atoms with Crippen molar-refractivity contribution < 1.29 is 4.79 Å². The molecule has 0 heterocycles. The number of hydrogen-bond donors (Lipinski definition) is 1. The second-order valence-electron chi connectivity index (χ2n) is 4.79. The van der Waals surface area contributed by atoms with Crippen LogP contribution in [0.2, 0.25) is 0 Å². The number of carbonyl (C=O) groups excluding carboxylic acids is 1. The molecule has 0 spiro atoms. The first-order valence-electron chi connectivity index (χ1n) is 5.99. The summed E-state index contributed by atoms with van der Waals surface area (Å²) in [6.45, 7) is 8.26. The van der Waals surface area contributed by atoms with Gasteiger partial charge in [-0.2, -0.15) is 0 Å². The average molecular weight is 264 g/mol. The average Bonchev–Trinajstić information content (AvgIpc) is 2.28. The normalized spacial score (nSPS) is 10.5. The molecule has 0 aromatic heterocycles. The molecule has 1 rings (SSSR count). The molecule has 1 aromatic carbocycles. The molecular weight excluding hydrogens is 244 g/mol. The zero-order valence-electron chi connectivity index (χ0n) is 11.4. The molecule has 0 saturated carbocycles. The van der Waals surface area contributed by atoms with Crippen molar-refractivity contribution >= 4 is 23.1 Å². The SMILES string of the molecule is Cc1ccc(C(=O)N(CC(N)=S)C(C)C)cc1C. The second kappa shape index (κ2) is 5.96. The molecule has 0 saturated heterocycles. The molecule has 1 aromatic rings. The molecule has 0 unspecified atom stereocenters. The van der Waals surface area contributed by atoms with Crippen LogP contribution in [0.1, 0.15) is 35.3 Å². The Labute approximate surface area is 114 Å². The van der Waals surface area contributed by atoms with E-state index in [-0.39, 0.29) is 11.9 Å². The first kappa shape index (κ1) is 14.6. The lowest BCUT2D eigenvalue weighted by molar-refractivity contribution is 0.0736. The molecular formula is C14H20N2OS. The van der Waals surface area contributed by atoms with Gasteiger partial charge in [-0.3, -0.25) is 4.79 Å². The summed E-state index contributed by atoms with van der Waals surface area (Å²) in [6, 6.07) is 5.79. The lowest BCUT2D eigenvalue weighted by Gasteiger charge is -2.26. The molecule has 0 fully saturated rings. The van der Waals surface area contributed by atoms with E-state index in [0.29, 0.717) is 17.1 Å². The lowest BCUT2D eigenvalue weighted by Crippen LogP contribution is -2.42. The lowest BCUT2D eigenvalue weighted by atomic mass is 10.1. The number of nitrogens with two attached hydrogens (primary N) is 1. The summed E-state index contributed by atoms with van der Waals surface area (Å²) in [5, 5.41) is 0. The Bertz CT molecular complexity index is 469. The highest BCUT2D eigenvalue weighted by Gasteiger charge is 2.19. The van der Waals surface area contributed by atoms with E-state index in [2.05, 4.69) is 0 Å². The molecule has 0 aliphatic carbocycles. The van der Waals surface area contributed by atoms with Crippen LogP contribution in [0, 0.1) is 13.8 Å². The summed E-state index contributed by atoms with van der Waals surface area (Å²) in [7, 11) is 0. The fourth-order valence-electron chi connectivity index (χ4n) is 1.70. The van der Waals surface area contributed by atoms with Gasteiger partial charge in [-0.05, 0) is 51.0 Å². The van der Waals surface area contributed by atoms with Crippen LogP contribution in [0.5, 0.6) is 0 Å². The van der Waals surface area contributed by atoms with Crippen LogP contribution in [0.25, 0.3) is 0 Å². The molecule has 2 N–H and O–H groups in total. The number of amides is 1. The van der Waals surface area contributed by atoms with Gasteiger partial charge in [-0.1, -0.05) is 18.3 Å². The monoisotopic (exact) mass is 264 g/mol. The number of hydrogen-bond acceptors (Lipinski definition) is 2. The summed E-state index contributed by atoms with van der Waals surface area (Å²) in [6.07, 6.45) is 0. The zero-order chi connectivity index (χ0) is 13.9. The number of nitrogens with zero attached hydrogens (tertiary/aromatic N) is 1. The van der Waals surface area contributed by atoms with Crippen molar-refractivity contribution in [2.24, 2.45) is 5.73 Å². The summed E-state index contributed by atoms with van der Waals surface area (Å²) >= 11 is 4.89. The van der Waals surface area contributed by atoms with Crippen LogP contribution in [0.15, 0.2) is 18.2 Å². The molecule has 18 heavy (non-hydrogen) atoms. The molecule has 4 heteroatoms. The Morgan fingerprint density at radius 3 is 2.39 bits per heavy atom. The number of benzene rings is 1. The van der Waals surface area contributed by atoms with Gasteiger partial charge in [0.25, 0.3) is 5.91 Å². The van der Waals surface area contributed by atoms with Gasteiger partial charge in [0.15, 0.2) is 0 Å². The second-order valence-corrected chi connectivity index (χ2v) is 5.32. The fourth-order valence-corrected chi connectivity index (χ4v) is 1.84. The Morgan fingerprint density at radius 2 is 1.94 bits per heavy atom. The Balaban J connectivity index is 3.02. The minimum absolute atomic E-state index is 0.0269. The van der Waals surface area contributed by atoms with Crippen molar-refractivity contribution in [3.8, 4) is 0 Å². The predicted molar refractivity (Wildman–Crippen MR) is 78.9 cm³/mol. The van der Waals surface area contributed by atoms with Crippen molar-refractivity contribution in [1.82, 2.24) is 4.90 Å². The quantitative estimate of drug-likeness (QED) is 0.850. The van der Waals surface area contributed by atoms with Crippen molar-refractivity contribution in [2.45, 2.75) is 33.7 Å². The summed E-state index contributed by atoms with van der Waals surface area (Å²) < 4.78 is 0. The van der Waals surface area contributed by atoms with Gasteiger partial charge in [0.1, 0.15) is 0 Å². The fraction of sp³-hybridized carbons (Fsp3) is 0.429. The van der Waals surface area contributed by atoms with Gasteiger partial charge in [0, 0.05) is 11.6 Å². The van der Waals surface area contributed by atoms with E-state index in [0.717, 1.165) is 5.56 Å². The Morgan fingerprint density at radius 1 is 1.33 bits per heavy atom. The number of carbonyl (C=O) groups is 1. The first-order chi connectivity index (χ1) is 8.32. The minimum Gasteiger partial charge on any atom is -0.392 e. The molecule has 0 aliphatic rings. The standard InChI is InChI=1S/C14H20N2OS/c1-9(2)16(8-13(15)18)14(17)12-6-5-10(3)11(4)7-12/h5-7,9H,8H2,1-4H3,(H2,15,18). The molecule has 98 valence electrons. The van der Waals surface area contributed by atoms with Crippen LogP contribution in [-0.2, 0) is 0 Å². The molecule has 0 bridgehead atoms. The Kier molecular flexibility index (Phi) is 4.84. The van der Waals surface area contributed by atoms with Crippen LogP contribution in [0.3, 0.4) is 0 Å². The summed E-state index contributed by atoms with van der Waals surface area (Å²) in [5.74, 6) is -0.0269. The number of rotatable bonds is 4. The molecule has 3 nitrogen and oxygen atoms in total. The van der Waals surface area contributed by atoms with E-state index in [4.69, 9.17) is 18.0 Å². The van der Waals surface area contributed by atoms with Gasteiger partial charge in [0.05, 0.1) is 11.5 Å². The largest absolute Gasteiger partial charge is 0.392 e. The third kappa shape index (κ3) is 3.53. The molecule has 0 radical (unpaired) electrons. The van der Waals surface area contributed by atoms with E-state index >= 15 is 0 Å². The first-order valence-corrected chi connectivity index (χ1v) is 6.40. The number of aryl methyl sites for hydroxylation is 2. The van der Waals surface area contributed by atoms with Gasteiger partial charge in [-0.25, -0.2) is 0 Å². The van der Waals surface area contributed by atoms with E-state index in [1.54, 1.807) is 4.90 Å². The van der Waals surface area contributed by atoms with Gasteiger partial charge >= 0.3 is 0 Å². The molecule has 0 aliphatic heterocycles. The summed E-state index contributed by atoms with van der Waals surface area (Å²) in [4.78, 5) is 14.4. The number of thiocarbonyl (C=S) groups is 1. The van der Waals surface area contributed by atoms with Crippen molar-refractivity contribution in [2.75, 3.05) is 6.54 Å². The van der Waals surface area contributed by atoms with Gasteiger partial charge in [0.2, 0.25) is 0 Å². The van der Waals surface area contributed by atoms with Crippen LogP contribution in [-0.4, -0.2) is 28.4 Å². The van der Waals surface area contributed by atoms with Crippen molar-refractivity contribution in [1.29, 1.82) is 0 Å². The molecule has 0 atom stereocenters. The predicted octanol–water partition coefficient (Wildman–Crippen LogP) is 2.44. The maximum absolute atomic E-state index is 12.4. The zero-order valence-corrected chi connectivity index (χ0v) is 12.2.